The lowest BCUT2D eigenvalue weighted by Gasteiger charge is -2.56. The lowest BCUT2D eigenvalue weighted by Crippen LogP contribution is -2.71. The molecule has 2 aliphatic heterocycles. The Bertz CT molecular complexity index is 1090. The zero-order valence-corrected chi connectivity index (χ0v) is 21.3. The number of methoxy groups -OCH3 is 1. The summed E-state index contributed by atoms with van der Waals surface area (Å²) in [5.74, 6) is 0.626. The van der Waals surface area contributed by atoms with E-state index in [1.54, 1.807) is 7.11 Å². The summed E-state index contributed by atoms with van der Waals surface area (Å²) in [5, 5.41) is 7.15. The van der Waals surface area contributed by atoms with Crippen molar-refractivity contribution in [3.05, 3.63) is 53.1 Å². The summed E-state index contributed by atoms with van der Waals surface area (Å²) in [5.41, 5.74) is 2.81. The average molecular weight is 484 g/mol. The highest BCUT2D eigenvalue weighted by Gasteiger charge is 2.59. The molecule has 0 aromatic heterocycles. The third-order valence-electron chi connectivity index (χ3n) is 6.58. The number of amides is 1. The van der Waals surface area contributed by atoms with Gasteiger partial charge in [-0.25, -0.2) is 0 Å². The maximum Gasteiger partial charge on any atom is 0.236 e. The minimum Gasteiger partial charge on any atom is -0.490 e. The standard InChI is InChI=1S/C26H33N3O4S/c1-6-32-20-10-7-9-18-22-21(24(30)27-19-12-11-16(2)15-17(19)3)26(4,33-23(18)20)29(25(34)28-22)13-8-14-31-5/h7,9-12,15,21-22H,6,8,13-14H2,1-5H3,(H,27,30)(H,28,34)/t21-,22-,26+/m1/s1. The van der Waals surface area contributed by atoms with E-state index in [2.05, 4.69) is 16.7 Å². The molecule has 2 aromatic carbocycles. The number of hydrogen-bond donors (Lipinski definition) is 2. The first kappa shape index (κ1) is 24.3. The first-order valence-electron chi connectivity index (χ1n) is 11.7. The van der Waals surface area contributed by atoms with Crippen LogP contribution in [0.4, 0.5) is 5.69 Å². The summed E-state index contributed by atoms with van der Waals surface area (Å²) in [7, 11) is 1.67. The molecule has 2 aromatic rings. The molecule has 2 N–H and O–H groups in total. The molecule has 0 aliphatic carbocycles. The molecule has 1 fully saturated rings. The van der Waals surface area contributed by atoms with Crippen molar-refractivity contribution in [1.82, 2.24) is 10.2 Å². The zero-order valence-electron chi connectivity index (χ0n) is 20.4. The number of para-hydroxylation sites is 1. The van der Waals surface area contributed by atoms with Crippen LogP contribution in [0, 0.1) is 19.8 Å². The van der Waals surface area contributed by atoms with E-state index in [9.17, 15) is 4.79 Å². The monoisotopic (exact) mass is 483 g/mol. The van der Waals surface area contributed by atoms with E-state index in [1.807, 2.05) is 62.9 Å². The van der Waals surface area contributed by atoms with Crippen LogP contribution in [0.25, 0.3) is 0 Å². The summed E-state index contributed by atoms with van der Waals surface area (Å²) in [6.07, 6.45) is 0.743. The van der Waals surface area contributed by atoms with Crippen LogP contribution in [0.3, 0.4) is 0 Å². The Morgan fingerprint density at radius 1 is 1.29 bits per heavy atom. The highest BCUT2D eigenvalue weighted by atomic mass is 32.1. The van der Waals surface area contributed by atoms with Gasteiger partial charge in [0.2, 0.25) is 5.91 Å². The first-order chi connectivity index (χ1) is 16.3. The first-order valence-corrected chi connectivity index (χ1v) is 12.1. The topological polar surface area (TPSA) is 72.1 Å². The highest BCUT2D eigenvalue weighted by molar-refractivity contribution is 7.80. The van der Waals surface area contributed by atoms with Gasteiger partial charge >= 0.3 is 0 Å². The van der Waals surface area contributed by atoms with Crippen LogP contribution in [0.1, 0.15) is 43.0 Å². The predicted octanol–water partition coefficient (Wildman–Crippen LogP) is 4.33. The van der Waals surface area contributed by atoms with Crippen molar-refractivity contribution in [3.63, 3.8) is 0 Å². The van der Waals surface area contributed by atoms with Gasteiger partial charge < -0.3 is 29.7 Å². The molecular weight excluding hydrogens is 450 g/mol. The minimum absolute atomic E-state index is 0.126. The molecule has 1 saturated heterocycles. The van der Waals surface area contributed by atoms with E-state index in [-0.39, 0.29) is 11.9 Å². The number of carbonyl (C=O) groups excluding carboxylic acids is 1. The van der Waals surface area contributed by atoms with Crippen molar-refractivity contribution in [1.29, 1.82) is 0 Å². The molecule has 0 radical (unpaired) electrons. The largest absolute Gasteiger partial charge is 0.490 e. The summed E-state index contributed by atoms with van der Waals surface area (Å²) in [6.45, 7) is 9.60. The van der Waals surface area contributed by atoms with Crippen molar-refractivity contribution in [2.24, 2.45) is 5.92 Å². The maximum absolute atomic E-state index is 13.9. The molecule has 34 heavy (non-hydrogen) atoms. The van der Waals surface area contributed by atoms with E-state index in [0.29, 0.717) is 36.4 Å². The fraction of sp³-hybridized carbons (Fsp3) is 0.462. The summed E-state index contributed by atoms with van der Waals surface area (Å²) in [4.78, 5) is 15.8. The maximum atomic E-state index is 13.9. The Labute approximate surface area is 206 Å². The molecule has 7 nitrogen and oxygen atoms in total. The molecule has 182 valence electrons. The number of hydrogen-bond acceptors (Lipinski definition) is 5. The van der Waals surface area contributed by atoms with Gasteiger partial charge in [-0.3, -0.25) is 4.79 Å². The van der Waals surface area contributed by atoms with E-state index < -0.39 is 11.6 Å². The van der Waals surface area contributed by atoms with Gasteiger partial charge in [0, 0.05) is 31.5 Å². The smallest absolute Gasteiger partial charge is 0.236 e. The Balaban J connectivity index is 1.76. The van der Waals surface area contributed by atoms with E-state index in [4.69, 9.17) is 26.4 Å². The quantitative estimate of drug-likeness (QED) is 0.428. The van der Waals surface area contributed by atoms with Gasteiger partial charge in [0.25, 0.3) is 0 Å². The van der Waals surface area contributed by atoms with Crippen LogP contribution in [0.5, 0.6) is 11.5 Å². The van der Waals surface area contributed by atoms with Gasteiger partial charge in [0.05, 0.1) is 12.6 Å². The molecule has 2 aliphatic rings. The number of rotatable bonds is 8. The fourth-order valence-corrected chi connectivity index (χ4v) is 5.36. The van der Waals surface area contributed by atoms with Crippen LogP contribution < -0.4 is 20.1 Å². The Morgan fingerprint density at radius 3 is 2.79 bits per heavy atom. The van der Waals surface area contributed by atoms with Crippen LogP contribution in [0.2, 0.25) is 0 Å². The molecule has 0 spiro atoms. The van der Waals surface area contributed by atoms with Gasteiger partial charge in [-0.05, 0) is 64.0 Å². The minimum atomic E-state index is -1.01. The van der Waals surface area contributed by atoms with Crippen molar-refractivity contribution in [3.8, 4) is 11.5 Å². The third kappa shape index (κ3) is 4.32. The number of nitrogens with zero attached hydrogens (tertiary/aromatic N) is 1. The van der Waals surface area contributed by atoms with Gasteiger partial charge in [-0.2, -0.15) is 0 Å². The lowest BCUT2D eigenvalue weighted by molar-refractivity contribution is -0.150. The van der Waals surface area contributed by atoms with Crippen LogP contribution in [0.15, 0.2) is 36.4 Å². The Morgan fingerprint density at radius 2 is 2.09 bits per heavy atom. The van der Waals surface area contributed by atoms with Crippen molar-refractivity contribution in [2.75, 3.05) is 32.2 Å². The van der Waals surface area contributed by atoms with Gasteiger partial charge in [0.1, 0.15) is 5.92 Å². The van der Waals surface area contributed by atoms with Crippen molar-refractivity contribution < 1.29 is 19.0 Å². The van der Waals surface area contributed by atoms with E-state index >= 15 is 0 Å². The van der Waals surface area contributed by atoms with Crippen LogP contribution >= 0.6 is 12.2 Å². The average Bonchev–Trinajstić information content (AvgIpc) is 2.78. The molecule has 2 heterocycles. The SMILES string of the molecule is CCOc1cccc2c1O[C@@]1(C)[C@@H](C(=O)Nc3ccc(C)cc3C)[C@@H]2NC(=S)N1CCCOC. The lowest BCUT2D eigenvalue weighted by atomic mass is 9.78. The summed E-state index contributed by atoms with van der Waals surface area (Å²) < 4.78 is 17.8. The number of thiocarbonyl (C=S) groups is 1. The molecule has 4 rings (SSSR count). The van der Waals surface area contributed by atoms with Crippen molar-refractivity contribution in [2.45, 2.75) is 45.9 Å². The molecule has 8 heteroatoms. The number of fused-ring (bicyclic) bond motifs is 4. The number of anilines is 1. The fourth-order valence-electron chi connectivity index (χ4n) is 4.96. The summed E-state index contributed by atoms with van der Waals surface area (Å²) >= 11 is 5.75. The number of carbonyl (C=O) groups is 1. The Hall–Kier alpha value is -2.84. The molecule has 2 bridgehead atoms. The van der Waals surface area contributed by atoms with E-state index in [0.717, 1.165) is 28.8 Å². The number of aryl methyl sites for hydroxylation is 2. The van der Waals surface area contributed by atoms with Crippen LogP contribution in [-0.4, -0.2) is 48.5 Å². The van der Waals surface area contributed by atoms with E-state index in [1.165, 1.54) is 0 Å². The van der Waals surface area contributed by atoms with Gasteiger partial charge in [-0.15, -0.1) is 0 Å². The normalized spacial score (nSPS) is 23.0. The van der Waals surface area contributed by atoms with Gasteiger partial charge in [-0.1, -0.05) is 29.8 Å². The molecule has 3 atom stereocenters. The zero-order chi connectivity index (χ0) is 24.5. The second kappa shape index (κ2) is 9.80. The number of ether oxygens (including phenoxy) is 3. The second-order valence-electron chi connectivity index (χ2n) is 8.97. The predicted molar refractivity (Wildman–Crippen MR) is 136 cm³/mol. The molecule has 0 saturated carbocycles. The number of nitrogens with one attached hydrogen (secondary N) is 2. The van der Waals surface area contributed by atoms with Gasteiger partial charge in [0.15, 0.2) is 22.3 Å². The summed E-state index contributed by atoms with van der Waals surface area (Å²) in [6, 6.07) is 11.4. The molecule has 0 unspecified atom stereocenters. The third-order valence-corrected chi connectivity index (χ3v) is 6.91. The van der Waals surface area contributed by atoms with Crippen LogP contribution in [-0.2, 0) is 9.53 Å². The molecule has 1 amide bonds. The Kier molecular flexibility index (Phi) is 7.00. The highest BCUT2D eigenvalue weighted by Crippen LogP contribution is 2.51. The number of benzene rings is 2. The van der Waals surface area contributed by atoms with Crippen molar-refractivity contribution >= 4 is 28.9 Å². The second-order valence-corrected chi connectivity index (χ2v) is 9.36. The molecular formula is C26H33N3O4S.